The molecular formula is C18H21NO4. The van der Waals surface area contributed by atoms with Gasteiger partial charge in [0.1, 0.15) is 6.61 Å². The van der Waals surface area contributed by atoms with E-state index < -0.39 is 5.97 Å². The van der Waals surface area contributed by atoms with Crippen LogP contribution in [0.5, 0.6) is 0 Å². The van der Waals surface area contributed by atoms with Crippen LogP contribution >= 0.6 is 0 Å². The van der Waals surface area contributed by atoms with Crippen LogP contribution in [0.3, 0.4) is 0 Å². The SMILES string of the molecule is O=C(O)COCCNC(=O)CCCc1ccc2ccccc2c1. The lowest BCUT2D eigenvalue weighted by Gasteiger charge is -2.06. The minimum atomic E-state index is -1.01. The summed E-state index contributed by atoms with van der Waals surface area (Å²) in [4.78, 5) is 21.9. The third-order valence-corrected chi connectivity index (χ3v) is 3.48. The number of carbonyl (C=O) groups excluding carboxylic acids is 1. The number of rotatable bonds is 9. The number of aliphatic carboxylic acids is 1. The standard InChI is InChI=1S/C18H21NO4/c20-17(19-10-11-23-13-18(21)22)7-3-4-14-8-9-15-5-1-2-6-16(15)12-14/h1-2,5-6,8-9,12H,3-4,7,10-11,13H2,(H,19,20)(H,21,22). The van der Waals surface area contributed by atoms with Crippen LogP contribution in [0.4, 0.5) is 0 Å². The molecular weight excluding hydrogens is 294 g/mol. The van der Waals surface area contributed by atoms with E-state index in [4.69, 9.17) is 9.84 Å². The van der Waals surface area contributed by atoms with Crippen LogP contribution in [0.2, 0.25) is 0 Å². The molecule has 2 aromatic rings. The Hall–Kier alpha value is -2.40. The molecule has 0 fully saturated rings. The molecule has 0 atom stereocenters. The molecule has 0 heterocycles. The zero-order chi connectivity index (χ0) is 16.5. The Morgan fingerprint density at radius 1 is 1.09 bits per heavy atom. The summed E-state index contributed by atoms with van der Waals surface area (Å²) in [6.45, 7) is 0.211. The number of aryl methyl sites for hydroxylation is 1. The van der Waals surface area contributed by atoms with Crippen LogP contribution in [-0.2, 0) is 20.7 Å². The van der Waals surface area contributed by atoms with Gasteiger partial charge in [0, 0.05) is 13.0 Å². The van der Waals surface area contributed by atoms with E-state index in [0.29, 0.717) is 13.0 Å². The molecule has 0 radical (unpaired) electrons. The second kappa shape index (κ2) is 8.90. The molecule has 0 aliphatic heterocycles. The Morgan fingerprint density at radius 3 is 2.65 bits per heavy atom. The van der Waals surface area contributed by atoms with Crippen molar-refractivity contribution >= 4 is 22.6 Å². The van der Waals surface area contributed by atoms with Crippen molar-refractivity contribution in [3.05, 3.63) is 48.0 Å². The predicted octanol–water partition coefficient (Wildman–Crippen LogP) is 2.38. The monoisotopic (exact) mass is 315 g/mol. The van der Waals surface area contributed by atoms with Crippen molar-refractivity contribution in [1.82, 2.24) is 5.32 Å². The molecule has 5 nitrogen and oxygen atoms in total. The summed E-state index contributed by atoms with van der Waals surface area (Å²) in [5, 5.41) is 13.5. The lowest BCUT2D eigenvalue weighted by Crippen LogP contribution is -2.27. The van der Waals surface area contributed by atoms with Crippen molar-refractivity contribution in [2.75, 3.05) is 19.8 Å². The van der Waals surface area contributed by atoms with E-state index in [0.717, 1.165) is 12.8 Å². The largest absolute Gasteiger partial charge is 0.480 e. The number of hydrogen-bond acceptors (Lipinski definition) is 3. The summed E-state index contributed by atoms with van der Waals surface area (Å²) >= 11 is 0. The second-order valence-corrected chi connectivity index (χ2v) is 5.33. The van der Waals surface area contributed by atoms with Gasteiger partial charge >= 0.3 is 5.97 Å². The first-order valence-electron chi connectivity index (χ1n) is 7.69. The molecule has 0 aliphatic rings. The Kier molecular flexibility index (Phi) is 6.56. The van der Waals surface area contributed by atoms with Gasteiger partial charge in [-0.3, -0.25) is 4.79 Å². The molecule has 1 amide bonds. The minimum absolute atomic E-state index is 0.0373. The average Bonchev–Trinajstić information content (AvgIpc) is 2.54. The number of amides is 1. The smallest absolute Gasteiger partial charge is 0.329 e. The van der Waals surface area contributed by atoms with Gasteiger partial charge in [0.05, 0.1) is 6.61 Å². The topological polar surface area (TPSA) is 75.6 Å². The minimum Gasteiger partial charge on any atom is -0.480 e. The number of nitrogens with one attached hydrogen (secondary N) is 1. The summed E-state index contributed by atoms with van der Waals surface area (Å²) < 4.78 is 4.85. The van der Waals surface area contributed by atoms with Gasteiger partial charge in [-0.1, -0.05) is 42.5 Å². The van der Waals surface area contributed by atoms with Crippen molar-refractivity contribution in [2.45, 2.75) is 19.3 Å². The van der Waals surface area contributed by atoms with E-state index in [2.05, 4.69) is 35.6 Å². The van der Waals surface area contributed by atoms with Crippen molar-refractivity contribution in [3.63, 3.8) is 0 Å². The van der Waals surface area contributed by atoms with Crippen LogP contribution in [0.15, 0.2) is 42.5 Å². The maximum absolute atomic E-state index is 11.7. The first-order valence-corrected chi connectivity index (χ1v) is 7.69. The molecule has 2 rings (SSSR count). The zero-order valence-corrected chi connectivity index (χ0v) is 13.0. The third-order valence-electron chi connectivity index (χ3n) is 3.48. The Balaban J connectivity index is 1.65. The number of fused-ring (bicyclic) bond motifs is 1. The van der Waals surface area contributed by atoms with Gasteiger partial charge < -0.3 is 15.2 Å². The summed E-state index contributed by atoms with van der Waals surface area (Å²) in [6, 6.07) is 14.6. The maximum Gasteiger partial charge on any atom is 0.329 e. The third kappa shape index (κ3) is 6.08. The van der Waals surface area contributed by atoms with Gasteiger partial charge in [0.2, 0.25) is 5.91 Å². The van der Waals surface area contributed by atoms with Gasteiger partial charge in [-0.15, -0.1) is 0 Å². The zero-order valence-electron chi connectivity index (χ0n) is 13.0. The molecule has 0 saturated carbocycles. The van der Waals surface area contributed by atoms with E-state index in [1.807, 2.05) is 12.1 Å². The quantitative estimate of drug-likeness (QED) is 0.697. The van der Waals surface area contributed by atoms with Crippen molar-refractivity contribution in [2.24, 2.45) is 0 Å². The van der Waals surface area contributed by atoms with E-state index in [1.165, 1.54) is 16.3 Å². The van der Waals surface area contributed by atoms with Gasteiger partial charge in [0.15, 0.2) is 0 Å². The fraction of sp³-hybridized carbons (Fsp3) is 0.333. The molecule has 0 bridgehead atoms. The number of ether oxygens (including phenoxy) is 1. The molecule has 0 unspecified atom stereocenters. The average molecular weight is 315 g/mol. The highest BCUT2D eigenvalue weighted by atomic mass is 16.5. The van der Waals surface area contributed by atoms with Crippen LogP contribution < -0.4 is 5.32 Å². The van der Waals surface area contributed by atoms with Crippen molar-refractivity contribution < 1.29 is 19.4 Å². The summed E-state index contributed by atoms with van der Waals surface area (Å²) in [7, 11) is 0. The molecule has 0 spiro atoms. The highest BCUT2D eigenvalue weighted by molar-refractivity contribution is 5.83. The summed E-state index contributed by atoms with van der Waals surface area (Å²) in [6.07, 6.45) is 2.08. The van der Waals surface area contributed by atoms with E-state index in [1.54, 1.807) is 0 Å². The number of hydrogen-bond donors (Lipinski definition) is 2. The molecule has 2 N–H and O–H groups in total. The fourth-order valence-corrected chi connectivity index (χ4v) is 2.36. The molecule has 2 aromatic carbocycles. The number of carboxylic acids is 1. The summed E-state index contributed by atoms with van der Waals surface area (Å²) in [5.41, 5.74) is 1.22. The summed E-state index contributed by atoms with van der Waals surface area (Å²) in [5.74, 6) is -1.04. The van der Waals surface area contributed by atoms with Crippen LogP contribution in [0.25, 0.3) is 10.8 Å². The van der Waals surface area contributed by atoms with Gasteiger partial charge in [0.25, 0.3) is 0 Å². The molecule has 0 aromatic heterocycles. The molecule has 5 heteroatoms. The first kappa shape index (κ1) is 17.0. The Bertz CT molecular complexity index is 669. The number of benzene rings is 2. The van der Waals surface area contributed by atoms with E-state index in [-0.39, 0.29) is 19.1 Å². The fourth-order valence-electron chi connectivity index (χ4n) is 2.36. The van der Waals surface area contributed by atoms with E-state index >= 15 is 0 Å². The van der Waals surface area contributed by atoms with Crippen LogP contribution in [0.1, 0.15) is 18.4 Å². The Labute approximate surface area is 135 Å². The second-order valence-electron chi connectivity index (χ2n) is 5.33. The number of carbonyl (C=O) groups is 2. The predicted molar refractivity (Wildman–Crippen MR) is 88.4 cm³/mol. The van der Waals surface area contributed by atoms with Crippen molar-refractivity contribution in [1.29, 1.82) is 0 Å². The lowest BCUT2D eigenvalue weighted by atomic mass is 10.0. The van der Waals surface area contributed by atoms with Gasteiger partial charge in [-0.05, 0) is 29.2 Å². The van der Waals surface area contributed by atoms with Gasteiger partial charge in [-0.25, -0.2) is 4.79 Å². The molecule has 23 heavy (non-hydrogen) atoms. The van der Waals surface area contributed by atoms with Crippen LogP contribution in [-0.4, -0.2) is 36.7 Å². The van der Waals surface area contributed by atoms with Gasteiger partial charge in [-0.2, -0.15) is 0 Å². The van der Waals surface area contributed by atoms with Crippen molar-refractivity contribution in [3.8, 4) is 0 Å². The molecule has 0 saturated heterocycles. The normalized spacial score (nSPS) is 10.6. The Morgan fingerprint density at radius 2 is 1.87 bits per heavy atom. The van der Waals surface area contributed by atoms with Crippen LogP contribution in [0, 0.1) is 0 Å². The molecule has 122 valence electrons. The highest BCUT2D eigenvalue weighted by Gasteiger charge is 2.03. The number of carboxylic acid groups (broad SMARTS) is 1. The van der Waals surface area contributed by atoms with E-state index in [9.17, 15) is 9.59 Å². The first-order chi connectivity index (χ1) is 11.1. The molecule has 0 aliphatic carbocycles. The lowest BCUT2D eigenvalue weighted by molar-refractivity contribution is -0.142. The maximum atomic E-state index is 11.7. The highest BCUT2D eigenvalue weighted by Crippen LogP contribution is 2.16.